The van der Waals surface area contributed by atoms with Crippen LogP contribution in [0.5, 0.6) is 0 Å². The van der Waals surface area contributed by atoms with Crippen LogP contribution in [0.4, 0.5) is 10.6 Å². The molecule has 1 atom stereocenters. The summed E-state index contributed by atoms with van der Waals surface area (Å²) in [6, 6.07) is -0.217. The molecule has 0 bridgehead atoms. The minimum absolute atomic E-state index is 0.0609. The number of rotatable bonds is 6. The molecule has 2 N–H and O–H groups in total. The maximum atomic E-state index is 12.2. The summed E-state index contributed by atoms with van der Waals surface area (Å²) in [5.74, 6) is 1.44. The van der Waals surface area contributed by atoms with Gasteiger partial charge in [0.15, 0.2) is 11.6 Å². The topological polar surface area (TPSA) is 114 Å². The molecule has 1 unspecified atom stereocenters. The molecule has 10 nitrogen and oxygen atoms in total. The SMILES string of the molecule is Cc1nc(Cn2nnc(NC(=O)NC(C)CN3CCCCC3)c2C)no1. The van der Waals surface area contributed by atoms with Crippen LogP contribution < -0.4 is 10.6 Å². The van der Waals surface area contributed by atoms with Gasteiger partial charge >= 0.3 is 6.03 Å². The van der Waals surface area contributed by atoms with Crippen molar-refractivity contribution in [3.05, 3.63) is 17.4 Å². The van der Waals surface area contributed by atoms with Gasteiger partial charge in [-0.3, -0.25) is 5.32 Å². The summed E-state index contributed by atoms with van der Waals surface area (Å²) in [6.45, 7) is 8.98. The molecule has 0 aromatic carbocycles. The van der Waals surface area contributed by atoms with Gasteiger partial charge in [-0.2, -0.15) is 4.98 Å². The number of nitrogens with zero attached hydrogens (tertiary/aromatic N) is 6. The maximum absolute atomic E-state index is 12.2. The highest BCUT2D eigenvalue weighted by molar-refractivity contribution is 5.88. The Morgan fingerprint density at radius 2 is 2.04 bits per heavy atom. The molecular weight excluding hydrogens is 336 g/mol. The predicted octanol–water partition coefficient (Wildman–Crippen LogP) is 1.32. The van der Waals surface area contributed by atoms with E-state index in [1.807, 2.05) is 13.8 Å². The number of piperidine rings is 1. The first kappa shape index (κ1) is 18.3. The smallest absolute Gasteiger partial charge is 0.320 e. The van der Waals surface area contributed by atoms with Gasteiger partial charge in [-0.05, 0) is 39.8 Å². The molecule has 2 aromatic heterocycles. The number of nitrogens with one attached hydrogen (secondary N) is 2. The summed E-state index contributed by atoms with van der Waals surface area (Å²) in [4.78, 5) is 18.8. The number of aryl methyl sites for hydroxylation is 1. The van der Waals surface area contributed by atoms with Crippen LogP contribution in [0.3, 0.4) is 0 Å². The number of hydrogen-bond donors (Lipinski definition) is 2. The molecular formula is C16H26N8O2. The number of amides is 2. The van der Waals surface area contributed by atoms with Gasteiger partial charge in [0.1, 0.15) is 6.54 Å². The molecule has 10 heteroatoms. The quantitative estimate of drug-likeness (QED) is 0.796. The number of aromatic nitrogens is 5. The van der Waals surface area contributed by atoms with Gasteiger partial charge < -0.3 is 14.7 Å². The second-order valence-corrected chi connectivity index (χ2v) is 6.77. The van der Waals surface area contributed by atoms with Crippen LogP contribution in [0.25, 0.3) is 0 Å². The molecule has 0 saturated carbocycles. The Hall–Kier alpha value is -2.49. The highest BCUT2D eigenvalue weighted by atomic mass is 16.5. The lowest BCUT2D eigenvalue weighted by Gasteiger charge is -2.29. The van der Waals surface area contributed by atoms with Crippen molar-refractivity contribution in [2.75, 3.05) is 25.0 Å². The number of anilines is 1. The molecule has 1 aliphatic rings. The molecule has 1 fully saturated rings. The largest absolute Gasteiger partial charge is 0.340 e. The first-order valence-corrected chi connectivity index (χ1v) is 9.00. The number of urea groups is 1. The molecule has 142 valence electrons. The number of hydrogen-bond acceptors (Lipinski definition) is 7. The van der Waals surface area contributed by atoms with Gasteiger partial charge in [0, 0.05) is 19.5 Å². The van der Waals surface area contributed by atoms with Gasteiger partial charge in [-0.15, -0.1) is 5.10 Å². The van der Waals surface area contributed by atoms with E-state index in [4.69, 9.17) is 4.52 Å². The van der Waals surface area contributed by atoms with Crippen LogP contribution in [0, 0.1) is 13.8 Å². The first-order valence-electron chi connectivity index (χ1n) is 9.00. The predicted molar refractivity (Wildman–Crippen MR) is 94.8 cm³/mol. The molecule has 0 aliphatic carbocycles. The maximum Gasteiger partial charge on any atom is 0.320 e. The van der Waals surface area contributed by atoms with E-state index >= 15 is 0 Å². The summed E-state index contributed by atoms with van der Waals surface area (Å²) in [5, 5.41) is 17.6. The molecule has 2 aromatic rings. The Kier molecular flexibility index (Phi) is 5.82. The van der Waals surface area contributed by atoms with Crippen LogP contribution in [0.1, 0.15) is 43.6 Å². The summed E-state index contributed by atoms with van der Waals surface area (Å²) < 4.78 is 6.57. The molecule has 0 radical (unpaired) electrons. The van der Waals surface area contributed by atoms with E-state index in [0.29, 0.717) is 24.1 Å². The average molecular weight is 362 g/mol. The second kappa shape index (κ2) is 8.26. The Morgan fingerprint density at radius 1 is 1.27 bits per heavy atom. The van der Waals surface area contributed by atoms with E-state index in [9.17, 15) is 4.79 Å². The van der Waals surface area contributed by atoms with Gasteiger partial charge in [0.2, 0.25) is 5.89 Å². The summed E-state index contributed by atoms with van der Waals surface area (Å²) in [5.41, 5.74) is 0.728. The Morgan fingerprint density at radius 3 is 2.73 bits per heavy atom. The third-order valence-corrected chi connectivity index (χ3v) is 4.43. The molecule has 0 spiro atoms. The van der Waals surface area contributed by atoms with Crippen molar-refractivity contribution in [3.63, 3.8) is 0 Å². The third kappa shape index (κ3) is 4.78. The zero-order valence-electron chi connectivity index (χ0n) is 15.5. The van der Waals surface area contributed by atoms with Crippen molar-refractivity contribution in [2.24, 2.45) is 0 Å². The fraction of sp³-hybridized carbons (Fsp3) is 0.688. The van der Waals surface area contributed by atoms with Gasteiger partial charge in [-0.25, -0.2) is 9.48 Å². The van der Waals surface area contributed by atoms with Crippen molar-refractivity contribution < 1.29 is 9.32 Å². The van der Waals surface area contributed by atoms with Crippen LogP contribution in [-0.4, -0.2) is 61.7 Å². The Bertz CT molecular complexity index is 734. The fourth-order valence-corrected chi connectivity index (χ4v) is 3.11. The van der Waals surface area contributed by atoms with E-state index in [1.54, 1.807) is 11.6 Å². The van der Waals surface area contributed by atoms with Gasteiger partial charge in [0.25, 0.3) is 0 Å². The fourth-order valence-electron chi connectivity index (χ4n) is 3.11. The Balaban J connectivity index is 1.50. The zero-order valence-corrected chi connectivity index (χ0v) is 15.5. The first-order chi connectivity index (χ1) is 12.5. The Labute approximate surface area is 152 Å². The molecule has 3 heterocycles. The van der Waals surface area contributed by atoms with Crippen LogP contribution >= 0.6 is 0 Å². The molecule has 3 rings (SSSR count). The van der Waals surface area contributed by atoms with E-state index in [1.165, 1.54) is 19.3 Å². The van der Waals surface area contributed by atoms with Crippen LogP contribution in [0.15, 0.2) is 4.52 Å². The minimum Gasteiger partial charge on any atom is -0.340 e. The van der Waals surface area contributed by atoms with Crippen molar-refractivity contribution in [1.29, 1.82) is 0 Å². The zero-order chi connectivity index (χ0) is 18.5. The molecule has 2 amide bonds. The normalized spacial score (nSPS) is 16.4. The summed E-state index contributed by atoms with van der Waals surface area (Å²) >= 11 is 0. The monoisotopic (exact) mass is 362 g/mol. The van der Waals surface area contributed by atoms with Crippen LogP contribution in [0.2, 0.25) is 0 Å². The lowest BCUT2D eigenvalue weighted by molar-refractivity contribution is 0.206. The van der Waals surface area contributed by atoms with E-state index in [2.05, 4.69) is 36.0 Å². The van der Waals surface area contributed by atoms with Crippen LogP contribution in [-0.2, 0) is 6.54 Å². The molecule has 1 aliphatic heterocycles. The van der Waals surface area contributed by atoms with Crippen molar-refractivity contribution in [2.45, 2.75) is 52.6 Å². The van der Waals surface area contributed by atoms with Gasteiger partial charge in [0.05, 0.1) is 5.69 Å². The lowest BCUT2D eigenvalue weighted by Crippen LogP contribution is -2.45. The van der Waals surface area contributed by atoms with Crippen molar-refractivity contribution in [1.82, 2.24) is 35.4 Å². The minimum atomic E-state index is -0.278. The molecule has 26 heavy (non-hydrogen) atoms. The third-order valence-electron chi connectivity index (χ3n) is 4.43. The summed E-state index contributed by atoms with van der Waals surface area (Å²) in [7, 11) is 0. The number of carbonyl (C=O) groups excluding carboxylic acids is 1. The second-order valence-electron chi connectivity index (χ2n) is 6.77. The highest BCUT2D eigenvalue weighted by Gasteiger charge is 2.17. The summed E-state index contributed by atoms with van der Waals surface area (Å²) in [6.07, 6.45) is 3.78. The van der Waals surface area contributed by atoms with E-state index in [-0.39, 0.29) is 12.1 Å². The van der Waals surface area contributed by atoms with Crippen molar-refractivity contribution in [3.8, 4) is 0 Å². The average Bonchev–Trinajstić information content (AvgIpc) is 3.16. The highest BCUT2D eigenvalue weighted by Crippen LogP contribution is 2.12. The van der Waals surface area contributed by atoms with E-state index in [0.717, 1.165) is 25.3 Å². The van der Waals surface area contributed by atoms with Crippen molar-refractivity contribution >= 4 is 11.8 Å². The van der Waals surface area contributed by atoms with E-state index < -0.39 is 0 Å². The standard InChI is InChI=1S/C16H26N8O2/c1-11(9-23-7-5-4-6-8-23)17-16(25)19-15-12(2)24(22-20-15)10-14-18-13(3)26-21-14/h11H,4-10H2,1-3H3,(H2,17,19,25). The van der Waals surface area contributed by atoms with Gasteiger partial charge in [-0.1, -0.05) is 16.8 Å². The number of likely N-dealkylation sites (tertiary alicyclic amines) is 1. The lowest BCUT2D eigenvalue weighted by atomic mass is 10.1. The number of carbonyl (C=O) groups is 1. The molecule has 1 saturated heterocycles.